The van der Waals surface area contributed by atoms with E-state index in [1.807, 2.05) is 124 Å². The van der Waals surface area contributed by atoms with Crippen molar-refractivity contribution in [3.63, 3.8) is 0 Å². The molecule has 0 amide bonds. The van der Waals surface area contributed by atoms with Crippen LogP contribution in [0.15, 0.2) is 150 Å². The molecule has 30 heteroatoms. The summed E-state index contributed by atoms with van der Waals surface area (Å²) in [5, 5.41) is 31.0. The fourth-order valence-electron chi connectivity index (χ4n) is 8.50. The summed E-state index contributed by atoms with van der Waals surface area (Å²) in [4.78, 5) is 38.0. The van der Waals surface area contributed by atoms with Gasteiger partial charge in [-0.25, -0.2) is 0 Å². The molecule has 0 atom stereocenters. The molecule has 6 aromatic heterocycles. The van der Waals surface area contributed by atoms with Gasteiger partial charge in [-0.3, -0.25) is 15.3 Å². The summed E-state index contributed by atoms with van der Waals surface area (Å²) in [6, 6.07) is 44.7. The van der Waals surface area contributed by atoms with Gasteiger partial charge in [0.15, 0.2) is 29.0 Å². The topological polar surface area (TPSA) is 440 Å². The Bertz CT molecular complexity index is 4220. The second kappa shape index (κ2) is 27.7. The van der Waals surface area contributed by atoms with Crippen LogP contribution in [0.5, 0.6) is 46.4 Å². The molecule has 0 fully saturated rings. The van der Waals surface area contributed by atoms with Crippen molar-refractivity contribution in [2.75, 3.05) is 70.8 Å². The van der Waals surface area contributed by atoms with Gasteiger partial charge in [0.05, 0.1) is 24.7 Å². The molecule has 0 aliphatic rings. The summed E-state index contributed by atoms with van der Waals surface area (Å²) in [6.07, 6.45) is 1.96. The monoisotopic (exact) mass is 1230 g/mol. The summed E-state index contributed by atoms with van der Waals surface area (Å²) in [6.45, 7) is 6.08. The predicted molar refractivity (Wildman–Crippen MR) is 347 cm³/mol. The number of rotatable bonds is 18. The van der Waals surface area contributed by atoms with Gasteiger partial charge in [0.2, 0.25) is 53.3 Å². The van der Waals surface area contributed by atoms with Crippen LogP contribution in [0.2, 0.25) is 0 Å². The highest BCUT2D eigenvalue weighted by Gasteiger charge is 2.17. The molecule has 0 unspecified atom stereocenters. The third-order valence-corrected chi connectivity index (χ3v) is 13.2. The van der Waals surface area contributed by atoms with Crippen LogP contribution in [0.3, 0.4) is 0 Å². The van der Waals surface area contributed by atoms with E-state index in [1.54, 1.807) is 44.6 Å². The molecule has 29 nitrogen and oxygen atoms in total. The Morgan fingerprint density at radius 3 is 1.26 bits per heavy atom. The Morgan fingerprint density at radius 2 is 0.811 bits per heavy atom. The van der Waals surface area contributed by atoms with Gasteiger partial charge in [0.1, 0.15) is 34.7 Å². The van der Waals surface area contributed by atoms with E-state index in [4.69, 9.17) is 58.1 Å². The largest absolute Gasteiger partial charge is 0.496 e. The highest BCUT2D eigenvalue weighted by Crippen LogP contribution is 2.38. The van der Waals surface area contributed by atoms with Crippen molar-refractivity contribution in [3.05, 3.63) is 162 Å². The maximum Gasteiger partial charge on any atom is 0.246 e. The predicted octanol–water partition coefficient (Wildman–Crippen LogP) is 10.6. The van der Waals surface area contributed by atoms with E-state index in [0.29, 0.717) is 64.1 Å². The molecule has 456 valence electrons. The van der Waals surface area contributed by atoms with Crippen LogP contribution in [0.25, 0.3) is 34.2 Å². The van der Waals surface area contributed by atoms with Crippen molar-refractivity contribution in [3.8, 4) is 80.6 Å². The summed E-state index contributed by atoms with van der Waals surface area (Å²) in [5.41, 5.74) is 42.5. The number of nitrogen functional groups attached to an aromatic ring is 6. The minimum atomic E-state index is 0.0240. The number of nitrogens with two attached hydrogens (primary N) is 6. The molecule has 0 saturated carbocycles. The zero-order chi connectivity index (χ0) is 63.3. The number of anilines is 12. The molecule has 6 heterocycles. The number of aromatic amines is 3. The highest BCUT2D eigenvalue weighted by molar-refractivity contribution is 7.98. The fraction of sp³-hybridized carbons (Fsp3) is 0.100. The Labute approximate surface area is 518 Å². The lowest BCUT2D eigenvalue weighted by Gasteiger charge is -2.11. The van der Waals surface area contributed by atoms with Crippen molar-refractivity contribution in [1.29, 1.82) is 0 Å². The second-order valence-corrected chi connectivity index (χ2v) is 20.2. The second-order valence-electron chi connectivity index (χ2n) is 19.4. The minimum absolute atomic E-state index is 0.0240. The van der Waals surface area contributed by atoms with Crippen molar-refractivity contribution in [2.24, 2.45) is 0 Å². The standard InChI is InChI=1S/2C20H20N8O2.C20H20N8OS/c1-11-4-3-5-13(8-11)23-20-26-18(27-28-20)12-6-7-14(15(9-12)29-2)30-17-10-16(21)24-19(22)25-17;1-11-4-3-5-12(8-11)23-20-26-18(27-28-20)14-7-6-13(9-15(14)29-2)30-17-10-16(21)24-19(22)25-17;1-11-4-3-5-13(8-11)23-20-26-18(27-28-20)12-6-7-14(15(9-12)30-2)29-17-10-16(21)24-19(22)25-17/h3*3-10H,1-2H3,(H4,21,22,24,25)(H2,23,26,27,28). The number of hydrogen-bond acceptors (Lipinski definition) is 27. The van der Waals surface area contributed by atoms with E-state index in [-0.39, 0.29) is 52.9 Å². The van der Waals surface area contributed by atoms with Crippen LogP contribution in [0, 0.1) is 20.8 Å². The first kappa shape index (κ1) is 60.6. The molecule has 0 aliphatic carbocycles. The van der Waals surface area contributed by atoms with Gasteiger partial charge >= 0.3 is 0 Å². The third-order valence-electron chi connectivity index (χ3n) is 12.5. The number of methoxy groups -OCH3 is 2. The molecule has 0 aliphatic heterocycles. The maximum atomic E-state index is 5.86. The first-order valence-corrected chi connectivity index (χ1v) is 28.3. The number of thioether (sulfide) groups is 1. The van der Waals surface area contributed by atoms with E-state index in [2.05, 4.69) is 91.4 Å². The Kier molecular flexibility index (Phi) is 18.7. The molecule has 18 N–H and O–H groups in total. The first-order chi connectivity index (χ1) is 43.5. The van der Waals surface area contributed by atoms with Crippen LogP contribution in [0.1, 0.15) is 16.7 Å². The van der Waals surface area contributed by atoms with Gasteiger partial charge in [-0.2, -0.15) is 44.9 Å². The van der Waals surface area contributed by atoms with Crippen molar-refractivity contribution >= 4 is 82.0 Å². The number of aryl methyl sites for hydroxylation is 3. The summed E-state index contributed by atoms with van der Waals surface area (Å²) >= 11 is 1.53. The first-order valence-electron chi connectivity index (χ1n) is 27.1. The van der Waals surface area contributed by atoms with E-state index in [1.165, 1.54) is 30.0 Å². The molecular weight excluding hydrogens is 1170 g/mol. The average Bonchev–Trinajstić information content (AvgIpc) is 1.93. The smallest absolute Gasteiger partial charge is 0.246 e. The Morgan fingerprint density at radius 1 is 0.389 bits per heavy atom. The molecule has 90 heavy (non-hydrogen) atoms. The quantitative estimate of drug-likeness (QED) is 0.0355. The van der Waals surface area contributed by atoms with E-state index < -0.39 is 0 Å². The van der Waals surface area contributed by atoms with E-state index in [0.717, 1.165) is 55.3 Å². The number of H-pyrrole nitrogens is 3. The van der Waals surface area contributed by atoms with Gasteiger partial charge in [0, 0.05) is 52.5 Å². The third kappa shape index (κ3) is 16.1. The van der Waals surface area contributed by atoms with Crippen molar-refractivity contribution < 1.29 is 23.7 Å². The van der Waals surface area contributed by atoms with Crippen LogP contribution >= 0.6 is 11.8 Å². The molecule has 0 bridgehead atoms. The lowest BCUT2D eigenvalue weighted by molar-refractivity contribution is 0.374. The van der Waals surface area contributed by atoms with Crippen LogP contribution in [0.4, 0.5) is 70.2 Å². The lowest BCUT2D eigenvalue weighted by Crippen LogP contribution is -2.01. The lowest BCUT2D eigenvalue weighted by atomic mass is 10.2. The Balaban J connectivity index is 0.000000148. The van der Waals surface area contributed by atoms with Crippen LogP contribution < -0.4 is 74.0 Å². The van der Waals surface area contributed by atoms with Gasteiger partial charge in [0.25, 0.3) is 0 Å². The number of hydrogen-bond donors (Lipinski definition) is 12. The van der Waals surface area contributed by atoms with Gasteiger partial charge in [-0.15, -0.1) is 27.1 Å². The molecule has 0 saturated heterocycles. The number of nitrogens with one attached hydrogen (secondary N) is 6. The normalized spacial score (nSPS) is 10.6. The summed E-state index contributed by atoms with van der Waals surface area (Å²) < 4.78 is 28.3. The van der Waals surface area contributed by atoms with Crippen molar-refractivity contribution in [2.45, 2.75) is 25.7 Å². The summed E-state index contributed by atoms with van der Waals surface area (Å²) in [7, 11) is 3.10. The molecule has 12 aromatic rings. The zero-order valence-corrected chi connectivity index (χ0v) is 50.0. The molecule has 0 spiro atoms. The highest BCUT2D eigenvalue weighted by atomic mass is 32.2. The minimum Gasteiger partial charge on any atom is -0.496 e. The van der Waals surface area contributed by atoms with Gasteiger partial charge in [-0.05, 0) is 129 Å². The fourth-order valence-corrected chi connectivity index (χ4v) is 9.06. The van der Waals surface area contributed by atoms with Gasteiger partial charge < -0.3 is 74.0 Å². The van der Waals surface area contributed by atoms with Gasteiger partial charge in [-0.1, -0.05) is 36.4 Å². The Hall–Kier alpha value is -12.5. The number of ether oxygens (including phenoxy) is 5. The van der Waals surface area contributed by atoms with E-state index >= 15 is 0 Å². The van der Waals surface area contributed by atoms with Crippen LogP contribution in [-0.4, -0.2) is 95.9 Å². The van der Waals surface area contributed by atoms with Crippen molar-refractivity contribution in [1.82, 2.24) is 75.4 Å². The molecular formula is C60H60N24O5S. The number of benzene rings is 6. The SMILES string of the molecule is COc1cc(-c2nc(Nc3cccc(C)c3)n[nH]2)ccc1Oc1cc(N)nc(N)n1.COc1cc(Oc2cc(N)nc(N)n2)ccc1-c1nc(Nc2cccc(C)c2)n[nH]1.CSc1cc(-c2nc(Nc3cccc(C)c3)n[nH]2)ccc1Oc1cc(N)nc(N)n1. The molecule has 0 radical (unpaired) electrons. The number of nitrogens with zero attached hydrogens (tertiary/aromatic N) is 12. The van der Waals surface area contributed by atoms with E-state index in [9.17, 15) is 0 Å². The maximum absolute atomic E-state index is 5.86. The summed E-state index contributed by atoms with van der Waals surface area (Å²) in [5.74, 6) is 7.27. The molecule has 12 rings (SSSR count). The number of aromatic nitrogens is 15. The average molecular weight is 1230 g/mol. The zero-order valence-electron chi connectivity index (χ0n) is 49.1. The molecule has 6 aromatic carbocycles. The van der Waals surface area contributed by atoms with Crippen LogP contribution in [-0.2, 0) is 0 Å².